The average molecular weight is 182 g/mol. The standard InChI is InChI=1S/C7H15NO2.ClH/c1-3-4-5-6-8(2)7(9)10;/h3-6H2,1-2H3,(H,9,10);1H. The molecule has 0 aromatic heterocycles. The predicted molar refractivity (Wildman–Crippen MR) is 47.4 cm³/mol. The van der Waals surface area contributed by atoms with E-state index in [0.29, 0.717) is 6.54 Å². The second-order valence-corrected chi connectivity index (χ2v) is 2.41. The Labute approximate surface area is 73.8 Å². The lowest BCUT2D eigenvalue weighted by Crippen LogP contribution is -2.25. The summed E-state index contributed by atoms with van der Waals surface area (Å²) in [5, 5.41) is 8.41. The van der Waals surface area contributed by atoms with Gasteiger partial charge in [0.2, 0.25) is 0 Å². The van der Waals surface area contributed by atoms with Crippen LogP contribution in [0.2, 0.25) is 0 Å². The van der Waals surface area contributed by atoms with Crippen molar-refractivity contribution in [3.8, 4) is 0 Å². The van der Waals surface area contributed by atoms with Crippen LogP contribution in [0.3, 0.4) is 0 Å². The molecule has 0 rings (SSSR count). The minimum atomic E-state index is -0.837. The van der Waals surface area contributed by atoms with Gasteiger partial charge in [0, 0.05) is 13.6 Å². The molecule has 0 spiro atoms. The van der Waals surface area contributed by atoms with E-state index in [-0.39, 0.29) is 12.4 Å². The molecular weight excluding hydrogens is 166 g/mol. The van der Waals surface area contributed by atoms with Gasteiger partial charge in [-0.05, 0) is 6.42 Å². The van der Waals surface area contributed by atoms with E-state index >= 15 is 0 Å². The van der Waals surface area contributed by atoms with Gasteiger partial charge in [-0.2, -0.15) is 0 Å². The van der Waals surface area contributed by atoms with Crippen molar-refractivity contribution in [3.63, 3.8) is 0 Å². The van der Waals surface area contributed by atoms with Crippen molar-refractivity contribution < 1.29 is 9.90 Å². The fourth-order valence-corrected chi connectivity index (χ4v) is 0.695. The SMILES string of the molecule is CCCCCN(C)C(=O)O.Cl. The van der Waals surface area contributed by atoms with Crippen LogP contribution in [0.25, 0.3) is 0 Å². The molecule has 0 aromatic rings. The zero-order chi connectivity index (χ0) is 7.98. The number of halogens is 1. The van der Waals surface area contributed by atoms with Crippen LogP contribution < -0.4 is 0 Å². The van der Waals surface area contributed by atoms with Crippen LogP contribution in [-0.4, -0.2) is 29.7 Å². The third-order valence-corrected chi connectivity index (χ3v) is 1.42. The minimum Gasteiger partial charge on any atom is -0.465 e. The fourth-order valence-electron chi connectivity index (χ4n) is 0.695. The lowest BCUT2D eigenvalue weighted by atomic mass is 10.2. The Morgan fingerprint density at radius 1 is 1.45 bits per heavy atom. The van der Waals surface area contributed by atoms with Crippen LogP contribution in [0.4, 0.5) is 4.79 Å². The van der Waals surface area contributed by atoms with E-state index in [1.54, 1.807) is 7.05 Å². The lowest BCUT2D eigenvalue weighted by Gasteiger charge is -2.11. The molecule has 4 heteroatoms. The minimum absolute atomic E-state index is 0. The summed E-state index contributed by atoms with van der Waals surface area (Å²) >= 11 is 0. The quantitative estimate of drug-likeness (QED) is 0.676. The maximum Gasteiger partial charge on any atom is 0.407 e. The Morgan fingerprint density at radius 2 is 2.00 bits per heavy atom. The molecule has 1 amide bonds. The van der Waals surface area contributed by atoms with Crippen molar-refractivity contribution in [1.82, 2.24) is 4.90 Å². The van der Waals surface area contributed by atoms with Gasteiger partial charge in [-0.15, -0.1) is 12.4 Å². The maximum absolute atomic E-state index is 10.2. The zero-order valence-corrected chi connectivity index (χ0v) is 7.86. The number of nitrogens with zero attached hydrogens (tertiary/aromatic N) is 1. The third kappa shape index (κ3) is 7.46. The monoisotopic (exact) mass is 181 g/mol. The molecule has 11 heavy (non-hydrogen) atoms. The molecule has 1 N–H and O–H groups in total. The Hall–Kier alpha value is -0.440. The lowest BCUT2D eigenvalue weighted by molar-refractivity contribution is 0.155. The summed E-state index contributed by atoms with van der Waals surface area (Å²) in [6.45, 7) is 2.75. The second kappa shape index (κ2) is 7.66. The van der Waals surface area contributed by atoms with Gasteiger partial charge >= 0.3 is 6.09 Å². The van der Waals surface area contributed by atoms with E-state index in [9.17, 15) is 4.79 Å². The summed E-state index contributed by atoms with van der Waals surface area (Å²) in [4.78, 5) is 11.5. The molecule has 0 aliphatic rings. The number of carboxylic acid groups (broad SMARTS) is 1. The van der Waals surface area contributed by atoms with E-state index in [2.05, 4.69) is 6.92 Å². The average Bonchev–Trinajstić information content (AvgIpc) is 1.88. The van der Waals surface area contributed by atoms with Crippen molar-refractivity contribution in [3.05, 3.63) is 0 Å². The Bertz CT molecular complexity index is 109. The highest BCUT2D eigenvalue weighted by Gasteiger charge is 2.02. The highest BCUT2D eigenvalue weighted by atomic mass is 35.5. The first kappa shape index (κ1) is 13.2. The number of rotatable bonds is 4. The summed E-state index contributed by atoms with van der Waals surface area (Å²) in [5.74, 6) is 0. The van der Waals surface area contributed by atoms with Gasteiger partial charge in [-0.1, -0.05) is 19.8 Å². The van der Waals surface area contributed by atoms with Gasteiger partial charge in [0.05, 0.1) is 0 Å². The Kier molecular flexibility index (Phi) is 9.18. The molecule has 0 aliphatic carbocycles. The van der Waals surface area contributed by atoms with Gasteiger partial charge < -0.3 is 10.0 Å². The van der Waals surface area contributed by atoms with E-state index in [1.165, 1.54) is 4.90 Å². The Balaban J connectivity index is 0. The molecule has 0 radical (unpaired) electrons. The van der Waals surface area contributed by atoms with Crippen molar-refractivity contribution >= 4 is 18.5 Å². The molecular formula is C7H16ClNO2. The fraction of sp³-hybridized carbons (Fsp3) is 0.857. The van der Waals surface area contributed by atoms with Crippen LogP contribution in [0.5, 0.6) is 0 Å². The van der Waals surface area contributed by atoms with Crippen molar-refractivity contribution in [2.75, 3.05) is 13.6 Å². The molecule has 0 aromatic carbocycles. The van der Waals surface area contributed by atoms with Crippen molar-refractivity contribution in [2.24, 2.45) is 0 Å². The zero-order valence-electron chi connectivity index (χ0n) is 7.04. The Morgan fingerprint density at radius 3 is 2.36 bits per heavy atom. The molecule has 0 heterocycles. The molecule has 0 saturated heterocycles. The summed E-state index contributed by atoms with van der Waals surface area (Å²) in [7, 11) is 1.60. The summed E-state index contributed by atoms with van der Waals surface area (Å²) in [6.07, 6.45) is 2.38. The molecule has 0 atom stereocenters. The van der Waals surface area contributed by atoms with Crippen LogP contribution in [-0.2, 0) is 0 Å². The second-order valence-electron chi connectivity index (χ2n) is 2.41. The van der Waals surface area contributed by atoms with Crippen LogP contribution in [0, 0.1) is 0 Å². The first-order chi connectivity index (χ1) is 4.68. The topological polar surface area (TPSA) is 40.5 Å². The third-order valence-electron chi connectivity index (χ3n) is 1.42. The summed E-state index contributed by atoms with van der Waals surface area (Å²) in [6, 6.07) is 0. The van der Waals surface area contributed by atoms with E-state index < -0.39 is 6.09 Å². The van der Waals surface area contributed by atoms with E-state index in [4.69, 9.17) is 5.11 Å². The highest BCUT2D eigenvalue weighted by molar-refractivity contribution is 5.85. The van der Waals surface area contributed by atoms with Crippen molar-refractivity contribution in [2.45, 2.75) is 26.2 Å². The first-order valence-corrected chi connectivity index (χ1v) is 3.62. The molecule has 0 aliphatic heterocycles. The largest absolute Gasteiger partial charge is 0.465 e. The van der Waals surface area contributed by atoms with Crippen molar-refractivity contribution in [1.29, 1.82) is 0 Å². The van der Waals surface area contributed by atoms with Gasteiger partial charge in [0.25, 0.3) is 0 Å². The number of hydrogen-bond acceptors (Lipinski definition) is 1. The number of unbranched alkanes of at least 4 members (excludes halogenated alkanes) is 2. The van der Waals surface area contributed by atoms with E-state index in [0.717, 1.165) is 19.3 Å². The van der Waals surface area contributed by atoms with Gasteiger partial charge in [0.1, 0.15) is 0 Å². The van der Waals surface area contributed by atoms with E-state index in [1.807, 2.05) is 0 Å². The maximum atomic E-state index is 10.2. The van der Waals surface area contributed by atoms with Crippen LogP contribution in [0.15, 0.2) is 0 Å². The first-order valence-electron chi connectivity index (χ1n) is 3.62. The molecule has 3 nitrogen and oxygen atoms in total. The van der Waals surface area contributed by atoms with Gasteiger partial charge in [-0.3, -0.25) is 0 Å². The number of carbonyl (C=O) groups is 1. The normalized spacial score (nSPS) is 8.55. The number of amides is 1. The predicted octanol–water partition coefficient (Wildman–Crippen LogP) is 2.21. The summed E-state index contributed by atoms with van der Waals surface area (Å²) < 4.78 is 0. The molecule has 0 bridgehead atoms. The molecule has 0 fully saturated rings. The smallest absolute Gasteiger partial charge is 0.407 e. The molecule has 68 valence electrons. The molecule has 0 saturated carbocycles. The summed E-state index contributed by atoms with van der Waals surface area (Å²) in [5.41, 5.74) is 0. The van der Waals surface area contributed by atoms with Crippen LogP contribution >= 0.6 is 12.4 Å². The highest BCUT2D eigenvalue weighted by Crippen LogP contribution is 1.95. The van der Waals surface area contributed by atoms with Gasteiger partial charge in [0.15, 0.2) is 0 Å². The number of hydrogen-bond donors (Lipinski definition) is 1. The molecule has 0 unspecified atom stereocenters. The van der Waals surface area contributed by atoms with Gasteiger partial charge in [-0.25, -0.2) is 4.79 Å². The van der Waals surface area contributed by atoms with Crippen LogP contribution in [0.1, 0.15) is 26.2 Å².